The number of rotatable bonds is 5. The SMILES string of the molecule is CCn1cc(C(=O)NCc2ccnc([C@@H]3CCCOC3)n2)cn1. The monoisotopic (exact) mass is 315 g/mol. The first kappa shape index (κ1) is 15.6. The minimum Gasteiger partial charge on any atom is -0.381 e. The topological polar surface area (TPSA) is 81.9 Å². The average molecular weight is 315 g/mol. The third-order valence-corrected chi connectivity index (χ3v) is 3.91. The van der Waals surface area contributed by atoms with Crippen LogP contribution >= 0.6 is 0 Å². The maximum Gasteiger partial charge on any atom is 0.254 e. The van der Waals surface area contributed by atoms with Gasteiger partial charge >= 0.3 is 0 Å². The van der Waals surface area contributed by atoms with Crippen LogP contribution in [0.3, 0.4) is 0 Å². The maximum atomic E-state index is 12.1. The van der Waals surface area contributed by atoms with Gasteiger partial charge in [0, 0.05) is 31.5 Å². The molecule has 1 saturated heterocycles. The Morgan fingerprint density at radius 1 is 1.52 bits per heavy atom. The molecule has 0 aromatic carbocycles. The van der Waals surface area contributed by atoms with Crippen molar-refractivity contribution in [2.75, 3.05) is 13.2 Å². The molecular weight excluding hydrogens is 294 g/mol. The summed E-state index contributed by atoms with van der Waals surface area (Å²) in [7, 11) is 0. The van der Waals surface area contributed by atoms with Gasteiger partial charge in [-0.25, -0.2) is 9.97 Å². The molecule has 3 heterocycles. The third kappa shape index (κ3) is 3.92. The first-order chi connectivity index (χ1) is 11.3. The molecule has 1 aliphatic rings. The zero-order chi connectivity index (χ0) is 16.1. The molecule has 1 N–H and O–H groups in total. The van der Waals surface area contributed by atoms with Gasteiger partial charge in [0.05, 0.1) is 30.6 Å². The van der Waals surface area contributed by atoms with Gasteiger partial charge in [-0.2, -0.15) is 5.10 Å². The Morgan fingerprint density at radius 2 is 2.43 bits per heavy atom. The second-order valence-electron chi connectivity index (χ2n) is 5.59. The predicted molar refractivity (Wildman–Crippen MR) is 83.9 cm³/mol. The molecule has 7 nitrogen and oxygen atoms in total. The van der Waals surface area contributed by atoms with Crippen LogP contribution in [0.15, 0.2) is 24.7 Å². The van der Waals surface area contributed by atoms with E-state index in [9.17, 15) is 4.79 Å². The number of hydrogen-bond acceptors (Lipinski definition) is 5. The summed E-state index contributed by atoms with van der Waals surface area (Å²) in [5, 5.41) is 6.97. The fourth-order valence-electron chi connectivity index (χ4n) is 2.58. The summed E-state index contributed by atoms with van der Waals surface area (Å²) in [6.45, 7) is 4.58. The molecule has 1 fully saturated rings. The van der Waals surface area contributed by atoms with Crippen LogP contribution in [0.4, 0.5) is 0 Å². The van der Waals surface area contributed by atoms with Crippen LogP contribution in [0.2, 0.25) is 0 Å². The Labute approximate surface area is 135 Å². The van der Waals surface area contributed by atoms with Gasteiger partial charge in [0.1, 0.15) is 5.82 Å². The Bertz CT molecular complexity index is 664. The molecule has 0 aliphatic carbocycles. The summed E-state index contributed by atoms with van der Waals surface area (Å²) in [5.74, 6) is 0.906. The van der Waals surface area contributed by atoms with Crippen LogP contribution in [0.5, 0.6) is 0 Å². The molecular formula is C16H21N5O2. The Kier molecular flexibility index (Phi) is 4.97. The number of carbonyl (C=O) groups excluding carboxylic acids is 1. The molecule has 2 aromatic rings. The molecule has 23 heavy (non-hydrogen) atoms. The minimum absolute atomic E-state index is 0.147. The van der Waals surface area contributed by atoms with Crippen LogP contribution in [0.1, 0.15) is 47.6 Å². The Morgan fingerprint density at radius 3 is 3.17 bits per heavy atom. The molecule has 1 aliphatic heterocycles. The highest BCUT2D eigenvalue weighted by molar-refractivity contribution is 5.93. The summed E-state index contributed by atoms with van der Waals surface area (Å²) >= 11 is 0. The fraction of sp³-hybridized carbons (Fsp3) is 0.500. The van der Waals surface area contributed by atoms with E-state index in [2.05, 4.69) is 20.4 Å². The normalized spacial score (nSPS) is 17.9. The van der Waals surface area contributed by atoms with Gasteiger partial charge in [-0.05, 0) is 25.8 Å². The van der Waals surface area contributed by atoms with Gasteiger partial charge in [0.25, 0.3) is 5.91 Å². The van der Waals surface area contributed by atoms with E-state index in [4.69, 9.17) is 4.74 Å². The molecule has 3 rings (SSSR count). The maximum absolute atomic E-state index is 12.1. The summed E-state index contributed by atoms with van der Waals surface area (Å²) in [5.41, 5.74) is 1.36. The van der Waals surface area contributed by atoms with E-state index < -0.39 is 0 Å². The van der Waals surface area contributed by atoms with Crippen LogP contribution in [-0.4, -0.2) is 38.9 Å². The lowest BCUT2D eigenvalue weighted by atomic mass is 10.0. The summed E-state index contributed by atoms with van der Waals surface area (Å²) in [6, 6.07) is 1.82. The largest absolute Gasteiger partial charge is 0.381 e. The van der Waals surface area contributed by atoms with E-state index in [-0.39, 0.29) is 11.8 Å². The highest BCUT2D eigenvalue weighted by atomic mass is 16.5. The van der Waals surface area contributed by atoms with Crippen LogP contribution in [0, 0.1) is 0 Å². The van der Waals surface area contributed by atoms with Crippen LogP contribution < -0.4 is 5.32 Å². The van der Waals surface area contributed by atoms with Gasteiger partial charge in [0.15, 0.2) is 0 Å². The first-order valence-corrected chi connectivity index (χ1v) is 7.96. The van der Waals surface area contributed by atoms with Crippen molar-refractivity contribution in [3.63, 3.8) is 0 Å². The van der Waals surface area contributed by atoms with Gasteiger partial charge in [-0.1, -0.05) is 0 Å². The van der Waals surface area contributed by atoms with Crippen molar-refractivity contribution >= 4 is 5.91 Å². The Hall–Kier alpha value is -2.28. The van der Waals surface area contributed by atoms with E-state index in [1.54, 1.807) is 23.3 Å². The number of nitrogens with one attached hydrogen (secondary N) is 1. The molecule has 2 aromatic heterocycles. The molecule has 7 heteroatoms. The average Bonchev–Trinajstić information content (AvgIpc) is 3.10. The highest BCUT2D eigenvalue weighted by Gasteiger charge is 2.19. The molecule has 0 saturated carbocycles. The van der Waals surface area contributed by atoms with Gasteiger partial charge < -0.3 is 10.1 Å². The quantitative estimate of drug-likeness (QED) is 0.904. The zero-order valence-corrected chi connectivity index (χ0v) is 13.2. The van der Waals surface area contributed by atoms with Crippen molar-refractivity contribution in [2.45, 2.75) is 38.8 Å². The number of carbonyl (C=O) groups is 1. The summed E-state index contributed by atoms with van der Waals surface area (Å²) < 4.78 is 7.21. The zero-order valence-electron chi connectivity index (χ0n) is 13.2. The van der Waals surface area contributed by atoms with Crippen molar-refractivity contribution in [3.05, 3.63) is 41.7 Å². The predicted octanol–water partition coefficient (Wildman–Crippen LogP) is 1.52. The highest BCUT2D eigenvalue weighted by Crippen LogP contribution is 2.22. The molecule has 0 radical (unpaired) electrons. The number of aryl methyl sites for hydroxylation is 1. The number of hydrogen-bond donors (Lipinski definition) is 1. The molecule has 1 amide bonds. The van der Waals surface area contributed by atoms with Gasteiger partial charge in [-0.3, -0.25) is 9.48 Å². The molecule has 0 spiro atoms. The molecule has 122 valence electrons. The lowest BCUT2D eigenvalue weighted by molar-refractivity contribution is 0.0779. The van der Waals surface area contributed by atoms with Gasteiger partial charge in [0.2, 0.25) is 0 Å². The first-order valence-electron chi connectivity index (χ1n) is 7.96. The lowest BCUT2D eigenvalue weighted by Gasteiger charge is -2.20. The molecule has 0 bridgehead atoms. The number of amides is 1. The van der Waals surface area contributed by atoms with E-state index >= 15 is 0 Å². The molecule has 0 unspecified atom stereocenters. The second kappa shape index (κ2) is 7.32. The van der Waals surface area contributed by atoms with Crippen LogP contribution in [-0.2, 0) is 17.8 Å². The third-order valence-electron chi connectivity index (χ3n) is 3.91. The smallest absolute Gasteiger partial charge is 0.254 e. The number of ether oxygens (including phenoxy) is 1. The van der Waals surface area contributed by atoms with Crippen LogP contribution in [0.25, 0.3) is 0 Å². The van der Waals surface area contributed by atoms with E-state index in [0.717, 1.165) is 37.5 Å². The van der Waals surface area contributed by atoms with Gasteiger partial charge in [-0.15, -0.1) is 0 Å². The lowest BCUT2D eigenvalue weighted by Crippen LogP contribution is -2.24. The summed E-state index contributed by atoms with van der Waals surface area (Å²) in [4.78, 5) is 21.0. The molecule has 1 atom stereocenters. The summed E-state index contributed by atoms with van der Waals surface area (Å²) in [6.07, 6.45) is 7.14. The van der Waals surface area contributed by atoms with E-state index in [0.29, 0.717) is 18.7 Å². The number of nitrogens with zero attached hydrogens (tertiary/aromatic N) is 4. The standard InChI is InChI=1S/C16H21N5O2/c1-2-21-10-13(8-19-21)16(22)18-9-14-5-6-17-15(20-14)12-4-3-7-23-11-12/h5-6,8,10,12H,2-4,7,9,11H2,1H3,(H,18,22)/t12-/m1/s1. The number of aromatic nitrogens is 4. The fourth-order valence-corrected chi connectivity index (χ4v) is 2.58. The minimum atomic E-state index is -0.147. The van der Waals surface area contributed by atoms with E-state index in [1.807, 2.05) is 13.0 Å². The second-order valence-corrected chi connectivity index (χ2v) is 5.59. The van der Waals surface area contributed by atoms with Crippen molar-refractivity contribution in [3.8, 4) is 0 Å². The Balaban J connectivity index is 1.60. The van der Waals surface area contributed by atoms with Crippen molar-refractivity contribution in [1.82, 2.24) is 25.1 Å². The van der Waals surface area contributed by atoms with Crippen molar-refractivity contribution in [2.24, 2.45) is 0 Å². The van der Waals surface area contributed by atoms with Crippen molar-refractivity contribution in [1.29, 1.82) is 0 Å². The van der Waals surface area contributed by atoms with Crippen molar-refractivity contribution < 1.29 is 9.53 Å². The van der Waals surface area contributed by atoms with E-state index in [1.165, 1.54) is 0 Å².